The number of quaternary nitrogens is 1. The normalized spacial score (nSPS) is 14.5. The van der Waals surface area contributed by atoms with Crippen LogP contribution in [-0.4, -0.2) is 70.7 Å². The van der Waals surface area contributed by atoms with E-state index in [-0.39, 0.29) is 32.2 Å². The summed E-state index contributed by atoms with van der Waals surface area (Å²) in [6.07, 6.45) is 54.6. The van der Waals surface area contributed by atoms with Crippen LogP contribution in [0.3, 0.4) is 0 Å². The van der Waals surface area contributed by atoms with Gasteiger partial charge in [0.1, 0.15) is 19.3 Å². The number of hydrogen-bond acceptors (Lipinski definition) is 7. The monoisotopic (exact) mass is 832 g/mol. The average Bonchev–Trinajstić information content (AvgIpc) is 3.18. The van der Waals surface area contributed by atoms with Gasteiger partial charge in [-0.05, 0) is 70.6 Å². The van der Waals surface area contributed by atoms with Crippen molar-refractivity contribution < 1.29 is 37.3 Å². The summed E-state index contributed by atoms with van der Waals surface area (Å²) < 4.78 is 34.5. The van der Waals surface area contributed by atoms with Crippen LogP contribution in [0, 0.1) is 0 Å². The molecule has 0 radical (unpaired) electrons. The molecule has 9 heteroatoms. The van der Waals surface area contributed by atoms with Crippen molar-refractivity contribution >= 4 is 13.8 Å². The van der Waals surface area contributed by atoms with Gasteiger partial charge in [0.2, 0.25) is 0 Å². The summed E-state index contributed by atoms with van der Waals surface area (Å²) in [6.45, 7) is 5.23. The van der Waals surface area contributed by atoms with Crippen molar-refractivity contribution in [2.24, 2.45) is 0 Å². The maximum absolute atomic E-state index is 12.7. The predicted octanol–water partition coefficient (Wildman–Crippen LogP) is 13.0. The van der Waals surface area contributed by atoms with Gasteiger partial charge in [-0.25, -0.2) is 0 Å². The number of ether oxygens (including phenoxy) is 2. The number of carbonyl (C=O) groups excluding carboxylic acids is 1. The zero-order valence-electron chi connectivity index (χ0n) is 37.7. The Kier molecular flexibility index (Phi) is 39.8. The minimum absolute atomic E-state index is 0.0157. The van der Waals surface area contributed by atoms with Gasteiger partial charge in [-0.15, -0.1) is 0 Å². The highest BCUT2D eigenvalue weighted by atomic mass is 31.2. The fraction of sp³-hybridized carbons (Fsp3) is 0.694. The van der Waals surface area contributed by atoms with E-state index in [9.17, 15) is 14.3 Å². The topological polar surface area (TPSA) is 94.1 Å². The SMILES string of the molecule is CC/C=C\C/C=C\C/C=C\C/C=C\C/C=C\C/C=C\C/C=C\CCCCCC(=O)OC(COCCCCCCCCCCCCC)COP(=O)([O-])OCC[N+](C)(C)C. The second-order valence-electron chi connectivity index (χ2n) is 16.0. The molecule has 0 spiro atoms. The number of carbonyl (C=O) groups is 1. The molecule has 0 fully saturated rings. The van der Waals surface area contributed by atoms with Crippen LogP contribution >= 0.6 is 7.82 Å². The number of rotatable bonds is 41. The quantitative estimate of drug-likeness (QED) is 0.0199. The number of esters is 1. The maximum atomic E-state index is 12.7. The molecule has 0 bridgehead atoms. The van der Waals surface area contributed by atoms with Gasteiger partial charge in [0, 0.05) is 13.0 Å². The van der Waals surface area contributed by atoms with Gasteiger partial charge in [-0.3, -0.25) is 9.36 Å². The fourth-order valence-electron chi connectivity index (χ4n) is 5.70. The summed E-state index contributed by atoms with van der Waals surface area (Å²) in [6, 6.07) is 0. The summed E-state index contributed by atoms with van der Waals surface area (Å²) in [5.41, 5.74) is 0. The van der Waals surface area contributed by atoms with Crippen LogP contribution in [0.2, 0.25) is 0 Å². The van der Waals surface area contributed by atoms with E-state index in [1.165, 1.54) is 57.8 Å². The third kappa shape index (κ3) is 44.8. The van der Waals surface area contributed by atoms with Crippen LogP contribution in [-0.2, 0) is 27.9 Å². The van der Waals surface area contributed by atoms with Gasteiger partial charge in [0.25, 0.3) is 7.82 Å². The smallest absolute Gasteiger partial charge is 0.306 e. The van der Waals surface area contributed by atoms with Gasteiger partial charge >= 0.3 is 5.97 Å². The molecule has 0 aliphatic rings. The largest absolute Gasteiger partial charge is 0.756 e. The molecule has 0 heterocycles. The summed E-state index contributed by atoms with van der Waals surface area (Å²) in [4.78, 5) is 25.0. The van der Waals surface area contributed by atoms with Gasteiger partial charge in [-0.1, -0.05) is 170 Å². The molecule has 0 saturated carbocycles. The van der Waals surface area contributed by atoms with E-state index >= 15 is 0 Å². The van der Waals surface area contributed by atoms with E-state index < -0.39 is 13.9 Å². The van der Waals surface area contributed by atoms with Gasteiger partial charge in [0.15, 0.2) is 0 Å². The molecule has 0 rings (SSSR count). The molecule has 8 nitrogen and oxygen atoms in total. The number of phosphoric ester groups is 1. The van der Waals surface area contributed by atoms with E-state index in [0.29, 0.717) is 24.1 Å². The lowest BCUT2D eigenvalue weighted by molar-refractivity contribution is -0.870. The van der Waals surface area contributed by atoms with Crippen LogP contribution in [0.1, 0.15) is 162 Å². The molecule has 0 aromatic carbocycles. The number of nitrogens with zero attached hydrogens (tertiary/aromatic N) is 1. The van der Waals surface area contributed by atoms with Crippen molar-refractivity contribution in [3.63, 3.8) is 0 Å². The fourth-order valence-corrected chi connectivity index (χ4v) is 6.43. The standard InChI is InChI=1S/C49H86NO7P/c1-6-8-10-12-14-16-18-19-20-21-22-23-24-25-26-27-28-29-30-31-32-34-36-38-40-42-49(51)57-48(47-56-58(52,53)55-45-43-50(3,4)5)46-54-44-41-39-37-35-33-17-15-13-11-9-7-2/h8,10,14,16,19-20,22-23,25-26,28-29,31-32,48H,6-7,9,11-13,15,17-18,21,24,27,30,33-47H2,1-5H3/b10-8-,16-14-,20-19-,23-22-,26-25-,29-28-,32-31-. The molecule has 2 atom stereocenters. The lowest BCUT2D eigenvalue weighted by Gasteiger charge is -2.28. The Morgan fingerprint density at radius 2 is 1.00 bits per heavy atom. The molecule has 58 heavy (non-hydrogen) atoms. The molecule has 0 aromatic heterocycles. The van der Waals surface area contributed by atoms with Gasteiger partial charge < -0.3 is 27.9 Å². The zero-order chi connectivity index (χ0) is 42.7. The second kappa shape index (κ2) is 41.4. The molecular weight excluding hydrogens is 746 g/mol. The first-order chi connectivity index (χ1) is 28.1. The Morgan fingerprint density at radius 1 is 0.552 bits per heavy atom. The van der Waals surface area contributed by atoms with E-state index in [1.54, 1.807) is 0 Å². The summed E-state index contributed by atoms with van der Waals surface area (Å²) in [5.74, 6) is -0.369. The lowest BCUT2D eigenvalue weighted by atomic mass is 10.1. The van der Waals surface area contributed by atoms with Crippen molar-refractivity contribution in [2.75, 3.05) is 54.1 Å². The summed E-state index contributed by atoms with van der Waals surface area (Å²) in [5, 5.41) is 0. The average molecular weight is 832 g/mol. The second-order valence-corrected chi connectivity index (χ2v) is 17.4. The molecule has 0 N–H and O–H groups in total. The highest BCUT2D eigenvalue weighted by Gasteiger charge is 2.20. The Hall–Kier alpha value is -2.32. The maximum Gasteiger partial charge on any atom is 0.306 e. The first-order valence-electron chi connectivity index (χ1n) is 22.8. The van der Waals surface area contributed by atoms with Crippen LogP contribution in [0.15, 0.2) is 85.1 Å². The van der Waals surface area contributed by atoms with Crippen LogP contribution in [0.4, 0.5) is 0 Å². The molecule has 0 saturated heterocycles. The first-order valence-corrected chi connectivity index (χ1v) is 24.3. The van der Waals surface area contributed by atoms with Crippen molar-refractivity contribution in [3.05, 3.63) is 85.1 Å². The van der Waals surface area contributed by atoms with E-state index in [4.69, 9.17) is 18.5 Å². The highest BCUT2D eigenvalue weighted by molar-refractivity contribution is 7.45. The number of allylic oxidation sites excluding steroid dienone is 14. The number of phosphoric acid groups is 1. The highest BCUT2D eigenvalue weighted by Crippen LogP contribution is 2.38. The number of likely N-dealkylation sites (N-methyl/N-ethyl adjacent to an activating group) is 1. The molecule has 334 valence electrons. The molecular formula is C49H86NO7P. The Bertz CT molecular complexity index is 1200. The Morgan fingerprint density at radius 3 is 1.48 bits per heavy atom. The van der Waals surface area contributed by atoms with Crippen LogP contribution in [0.5, 0.6) is 0 Å². The molecule has 0 aromatic rings. The van der Waals surface area contributed by atoms with Crippen LogP contribution < -0.4 is 4.89 Å². The van der Waals surface area contributed by atoms with E-state index in [2.05, 4.69) is 98.9 Å². The molecule has 0 amide bonds. The molecule has 0 aliphatic heterocycles. The van der Waals surface area contributed by atoms with Crippen molar-refractivity contribution in [1.82, 2.24) is 0 Å². The van der Waals surface area contributed by atoms with Crippen molar-refractivity contribution in [3.8, 4) is 0 Å². The predicted molar refractivity (Wildman–Crippen MR) is 245 cm³/mol. The third-order valence-corrected chi connectivity index (χ3v) is 10.2. The van der Waals surface area contributed by atoms with E-state index in [1.807, 2.05) is 21.1 Å². The number of hydrogen-bond donors (Lipinski definition) is 0. The van der Waals surface area contributed by atoms with E-state index in [0.717, 1.165) is 77.0 Å². The lowest BCUT2D eigenvalue weighted by Crippen LogP contribution is -2.37. The van der Waals surface area contributed by atoms with Crippen LogP contribution in [0.25, 0.3) is 0 Å². The summed E-state index contributed by atoms with van der Waals surface area (Å²) >= 11 is 0. The Labute approximate surface area is 356 Å². The van der Waals surface area contributed by atoms with Crippen molar-refractivity contribution in [1.29, 1.82) is 0 Å². The van der Waals surface area contributed by atoms with Crippen molar-refractivity contribution in [2.45, 2.75) is 168 Å². The first kappa shape index (κ1) is 55.7. The molecule has 0 aliphatic carbocycles. The number of unbranched alkanes of at least 4 members (excludes halogenated alkanes) is 13. The minimum atomic E-state index is -4.54. The third-order valence-electron chi connectivity index (χ3n) is 9.21. The molecule has 2 unspecified atom stereocenters. The Balaban J connectivity index is 4.27. The summed E-state index contributed by atoms with van der Waals surface area (Å²) in [7, 11) is 1.32. The minimum Gasteiger partial charge on any atom is -0.756 e. The van der Waals surface area contributed by atoms with Gasteiger partial charge in [-0.2, -0.15) is 0 Å². The zero-order valence-corrected chi connectivity index (χ0v) is 38.6. The van der Waals surface area contributed by atoms with Gasteiger partial charge in [0.05, 0.1) is 34.4 Å².